The van der Waals surface area contributed by atoms with E-state index in [0.29, 0.717) is 18.9 Å². The number of hydrogen-bond acceptors (Lipinski definition) is 2. The normalized spacial score (nSPS) is 13.1. The van der Waals surface area contributed by atoms with E-state index in [-0.39, 0.29) is 11.2 Å². The molecule has 0 heterocycles. The van der Waals surface area contributed by atoms with Crippen LogP contribution in [-0.2, 0) is 0 Å². The lowest BCUT2D eigenvalue weighted by atomic mass is 9.83. The molecule has 0 aromatic heterocycles. The second kappa shape index (κ2) is 7.26. The summed E-state index contributed by atoms with van der Waals surface area (Å²) >= 11 is 3.47. The summed E-state index contributed by atoms with van der Waals surface area (Å²) < 4.78 is 6.24. The molecule has 0 N–H and O–H groups in total. The average Bonchev–Trinajstić information content (AvgIpc) is 2.26. The van der Waals surface area contributed by atoms with Crippen LogP contribution in [0, 0.1) is 11.3 Å². The van der Waals surface area contributed by atoms with Crippen molar-refractivity contribution < 1.29 is 9.53 Å². The Kier molecular flexibility index (Phi) is 6.25. The molecular formula is C17H25BrO2. The van der Waals surface area contributed by atoms with Gasteiger partial charge < -0.3 is 4.74 Å². The van der Waals surface area contributed by atoms with Crippen LogP contribution < -0.4 is 4.74 Å². The van der Waals surface area contributed by atoms with E-state index in [1.165, 1.54) is 0 Å². The van der Waals surface area contributed by atoms with Crippen LogP contribution >= 0.6 is 15.9 Å². The van der Waals surface area contributed by atoms with Gasteiger partial charge in [-0.1, -0.05) is 27.7 Å². The van der Waals surface area contributed by atoms with Gasteiger partial charge in [-0.15, -0.1) is 0 Å². The minimum atomic E-state index is 0.191. The van der Waals surface area contributed by atoms with Crippen LogP contribution in [0.15, 0.2) is 22.7 Å². The van der Waals surface area contributed by atoms with Gasteiger partial charge in [-0.25, -0.2) is 0 Å². The fraction of sp³-hybridized carbons (Fsp3) is 0.588. The summed E-state index contributed by atoms with van der Waals surface area (Å²) in [7, 11) is 0. The smallest absolute Gasteiger partial charge is 0.164 e. The Morgan fingerprint density at radius 2 is 2.00 bits per heavy atom. The van der Waals surface area contributed by atoms with E-state index in [4.69, 9.17) is 4.74 Å². The average molecular weight is 341 g/mol. The quantitative estimate of drug-likeness (QED) is 0.639. The van der Waals surface area contributed by atoms with Crippen molar-refractivity contribution in [3.63, 3.8) is 0 Å². The molecule has 0 aliphatic carbocycles. The van der Waals surface area contributed by atoms with Crippen LogP contribution in [0.1, 0.15) is 57.8 Å². The van der Waals surface area contributed by atoms with E-state index < -0.39 is 0 Å². The number of carbonyl (C=O) groups is 1. The van der Waals surface area contributed by atoms with Gasteiger partial charge in [0.05, 0.1) is 6.61 Å². The molecular weight excluding hydrogens is 316 g/mol. The third-order valence-electron chi connectivity index (χ3n) is 3.05. The van der Waals surface area contributed by atoms with Gasteiger partial charge in [0.25, 0.3) is 0 Å². The standard InChI is InChI=1S/C17H25BrO2/c1-6-20-13-7-8-14(15(18)10-13)16(19)9-12(2)11-17(3,4)5/h7-8,10,12H,6,9,11H2,1-5H3. The monoisotopic (exact) mass is 340 g/mol. The van der Waals surface area contributed by atoms with Crippen LogP contribution in [0.5, 0.6) is 5.75 Å². The van der Waals surface area contributed by atoms with Crippen LogP contribution in [-0.4, -0.2) is 12.4 Å². The van der Waals surface area contributed by atoms with Gasteiger partial charge in [0.2, 0.25) is 0 Å². The first-order valence-electron chi connectivity index (χ1n) is 7.18. The number of halogens is 1. The Bertz CT molecular complexity index is 461. The lowest BCUT2D eigenvalue weighted by Crippen LogP contribution is -2.14. The van der Waals surface area contributed by atoms with E-state index in [1.807, 2.05) is 25.1 Å². The fourth-order valence-electron chi connectivity index (χ4n) is 2.52. The molecule has 0 bridgehead atoms. The predicted molar refractivity (Wildman–Crippen MR) is 87.5 cm³/mol. The zero-order valence-corrected chi connectivity index (χ0v) is 14.7. The highest BCUT2D eigenvalue weighted by atomic mass is 79.9. The molecule has 0 spiro atoms. The zero-order chi connectivity index (χ0) is 15.3. The van der Waals surface area contributed by atoms with Crippen LogP contribution in [0.3, 0.4) is 0 Å². The van der Waals surface area contributed by atoms with Crippen LogP contribution in [0.4, 0.5) is 0 Å². The molecule has 20 heavy (non-hydrogen) atoms. The SMILES string of the molecule is CCOc1ccc(C(=O)CC(C)CC(C)(C)C)c(Br)c1. The van der Waals surface area contributed by atoms with E-state index in [2.05, 4.69) is 43.6 Å². The third-order valence-corrected chi connectivity index (χ3v) is 3.70. The number of rotatable bonds is 6. The van der Waals surface area contributed by atoms with Gasteiger partial charge in [-0.05, 0) is 58.8 Å². The molecule has 0 saturated heterocycles. The Balaban J connectivity index is 2.73. The molecule has 0 aliphatic rings. The first-order valence-corrected chi connectivity index (χ1v) is 7.97. The van der Waals surface area contributed by atoms with Crippen molar-refractivity contribution in [3.05, 3.63) is 28.2 Å². The van der Waals surface area contributed by atoms with E-state index in [9.17, 15) is 4.79 Å². The Hall–Kier alpha value is -0.830. The third kappa shape index (κ3) is 5.66. The van der Waals surface area contributed by atoms with Crippen molar-refractivity contribution in [3.8, 4) is 5.75 Å². The second-order valence-electron chi connectivity index (χ2n) is 6.57. The first kappa shape index (κ1) is 17.2. The molecule has 0 radical (unpaired) electrons. The molecule has 1 aromatic carbocycles. The second-order valence-corrected chi connectivity index (χ2v) is 7.43. The molecule has 0 saturated carbocycles. The van der Waals surface area contributed by atoms with Crippen molar-refractivity contribution in [1.29, 1.82) is 0 Å². The molecule has 1 aromatic rings. The summed E-state index contributed by atoms with van der Waals surface area (Å²) in [6.45, 7) is 11.3. The van der Waals surface area contributed by atoms with Crippen LogP contribution in [0.25, 0.3) is 0 Å². The number of hydrogen-bond donors (Lipinski definition) is 0. The predicted octanol–water partition coefficient (Wildman–Crippen LogP) is 5.49. The summed E-state index contributed by atoms with van der Waals surface area (Å²) in [5, 5.41) is 0. The number of carbonyl (C=O) groups excluding carboxylic acids is 1. The molecule has 3 heteroatoms. The van der Waals surface area contributed by atoms with Gasteiger partial charge in [0.15, 0.2) is 5.78 Å². The highest BCUT2D eigenvalue weighted by Gasteiger charge is 2.19. The first-order chi connectivity index (χ1) is 9.23. The number of Topliss-reactive ketones (excluding diaryl/α,β-unsaturated/α-hetero) is 1. The molecule has 1 unspecified atom stereocenters. The molecule has 0 fully saturated rings. The summed E-state index contributed by atoms with van der Waals surface area (Å²) in [6, 6.07) is 5.57. The van der Waals surface area contributed by atoms with Gasteiger partial charge in [-0.3, -0.25) is 4.79 Å². The fourth-order valence-corrected chi connectivity index (χ4v) is 3.10. The number of benzene rings is 1. The lowest BCUT2D eigenvalue weighted by Gasteiger charge is -2.22. The number of ether oxygens (including phenoxy) is 1. The highest BCUT2D eigenvalue weighted by molar-refractivity contribution is 9.10. The topological polar surface area (TPSA) is 26.3 Å². The summed E-state index contributed by atoms with van der Waals surface area (Å²) in [4.78, 5) is 12.4. The maximum Gasteiger partial charge on any atom is 0.164 e. The summed E-state index contributed by atoms with van der Waals surface area (Å²) in [6.07, 6.45) is 1.64. The van der Waals surface area contributed by atoms with E-state index in [1.54, 1.807) is 0 Å². The lowest BCUT2D eigenvalue weighted by molar-refractivity contribution is 0.0953. The zero-order valence-electron chi connectivity index (χ0n) is 13.1. The largest absolute Gasteiger partial charge is 0.494 e. The maximum absolute atomic E-state index is 12.4. The minimum absolute atomic E-state index is 0.191. The molecule has 1 rings (SSSR count). The van der Waals surface area contributed by atoms with Gasteiger partial charge in [0, 0.05) is 16.5 Å². The van der Waals surface area contributed by atoms with Crippen molar-refractivity contribution in [2.24, 2.45) is 11.3 Å². The van der Waals surface area contributed by atoms with Crippen molar-refractivity contribution in [2.75, 3.05) is 6.61 Å². The molecule has 0 amide bonds. The van der Waals surface area contributed by atoms with Crippen molar-refractivity contribution in [1.82, 2.24) is 0 Å². The van der Waals surface area contributed by atoms with E-state index >= 15 is 0 Å². The highest BCUT2D eigenvalue weighted by Crippen LogP contribution is 2.29. The Labute approximate surface area is 131 Å². The Morgan fingerprint density at radius 3 is 2.50 bits per heavy atom. The number of ketones is 1. The van der Waals surface area contributed by atoms with Crippen molar-refractivity contribution >= 4 is 21.7 Å². The molecule has 0 aliphatic heterocycles. The molecule has 112 valence electrons. The van der Waals surface area contributed by atoms with Gasteiger partial charge in [-0.2, -0.15) is 0 Å². The molecule has 2 nitrogen and oxygen atoms in total. The minimum Gasteiger partial charge on any atom is -0.494 e. The van der Waals surface area contributed by atoms with Gasteiger partial charge >= 0.3 is 0 Å². The van der Waals surface area contributed by atoms with Crippen molar-refractivity contribution in [2.45, 2.75) is 47.5 Å². The molecule has 1 atom stereocenters. The summed E-state index contributed by atoms with van der Waals surface area (Å²) in [5.41, 5.74) is 1.00. The van der Waals surface area contributed by atoms with Gasteiger partial charge in [0.1, 0.15) is 5.75 Å². The van der Waals surface area contributed by atoms with Crippen LogP contribution in [0.2, 0.25) is 0 Å². The Morgan fingerprint density at radius 1 is 1.35 bits per heavy atom. The van der Waals surface area contributed by atoms with E-state index in [0.717, 1.165) is 22.2 Å². The maximum atomic E-state index is 12.4. The summed E-state index contributed by atoms with van der Waals surface area (Å²) in [5.74, 6) is 1.37.